The molecule has 0 aliphatic heterocycles. The first kappa shape index (κ1) is 16.5. The number of nitrogens with zero attached hydrogens (tertiary/aromatic N) is 6. The molecule has 0 saturated heterocycles. The van der Waals surface area contributed by atoms with Gasteiger partial charge in [-0.25, -0.2) is 9.67 Å². The van der Waals surface area contributed by atoms with Gasteiger partial charge in [0, 0.05) is 12.6 Å². The second kappa shape index (κ2) is 6.37. The molecule has 0 atom stereocenters. The molecule has 3 heterocycles. The van der Waals surface area contributed by atoms with E-state index in [-0.39, 0.29) is 12.1 Å². The SMILES string of the molecule is COc1ccc(-c2nc(Cn3cnc4c(c(Br)nn4C)c3=O)no2)cc1. The molecule has 0 aliphatic rings. The van der Waals surface area contributed by atoms with Crippen LogP contribution in [0.4, 0.5) is 0 Å². The van der Waals surface area contributed by atoms with Gasteiger partial charge in [0.05, 0.1) is 13.7 Å². The summed E-state index contributed by atoms with van der Waals surface area (Å²) in [5.74, 6) is 1.48. The molecule has 9 nitrogen and oxygen atoms in total. The van der Waals surface area contributed by atoms with Gasteiger partial charge < -0.3 is 9.26 Å². The summed E-state index contributed by atoms with van der Waals surface area (Å²) >= 11 is 3.29. The van der Waals surface area contributed by atoms with Crippen LogP contribution in [-0.2, 0) is 13.6 Å². The first-order valence-corrected chi connectivity index (χ1v) is 8.41. The van der Waals surface area contributed by atoms with E-state index in [0.29, 0.717) is 27.4 Å². The van der Waals surface area contributed by atoms with E-state index in [2.05, 4.69) is 36.2 Å². The van der Waals surface area contributed by atoms with Crippen molar-refractivity contribution in [1.29, 1.82) is 0 Å². The van der Waals surface area contributed by atoms with E-state index in [1.165, 1.54) is 10.9 Å². The number of halogens is 1. The van der Waals surface area contributed by atoms with Crippen molar-refractivity contribution in [3.63, 3.8) is 0 Å². The summed E-state index contributed by atoms with van der Waals surface area (Å²) < 4.78 is 13.8. The Balaban J connectivity index is 1.65. The van der Waals surface area contributed by atoms with Crippen LogP contribution in [0, 0.1) is 0 Å². The number of aryl methyl sites for hydroxylation is 1. The van der Waals surface area contributed by atoms with E-state index in [1.807, 2.05) is 24.3 Å². The maximum Gasteiger partial charge on any atom is 0.266 e. The van der Waals surface area contributed by atoms with Gasteiger partial charge in [0.2, 0.25) is 0 Å². The maximum absolute atomic E-state index is 12.7. The second-order valence-corrected chi connectivity index (χ2v) is 6.29. The fourth-order valence-electron chi connectivity index (χ4n) is 2.57. The number of hydrogen-bond acceptors (Lipinski definition) is 7. The summed E-state index contributed by atoms with van der Waals surface area (Å²) in [6, 6.07) is 7.26. The first-order chi connectivity index (χ1) is 12.6. The van der Waals surface area contributed by atoms with Crippen LogP contribution in [0.5, 0.6) is 5.75 Å². The molecule has 0 N–H and O–H groups in total. The number of hydrogen-bond donors (Lipinski definition) is 0. The molecule has 132 valence electrons. The van der Waals surface area contributed by atoms with Crippen LogP contribution >= 0.6 is 15.9 Å². The predicted molar refractivity (Wildman–Crippen MR) is 95.9 cm³/mol. The molecule has 10 heteroatoms. The van der Waals surface area contributed by atoms with E-state index >= 15 is 0 Å². The lowest BCUT2D eigenvalue weighted by atomic mass is 10.2. The molecule has 0 bridgehead atoms. The molecule has 0 spiro atoms. The maximum atomic E-state index is 12.7. The predicted octanol–water partition coefficient (Wildman–Crippen LogP) is 2.00. The highest BCUT2D eigenvalue weighted by Gasteiger charge is 2.15. The van der Waals surface area contributed by atoms with Gasteiger partial charge in [-0.05, 0) is 40.2 Å². The topological polar surface area (TPSA) is 101 Å². The monoisotopic (exact) mass is 416 g/mol. The lowest BCUT2D eigenvalue weighted by molar-refractivity contribution is 0.413. The molecule has 0 aliphatic carbocycles. The highest BCUT2D eigenvalue weighted by molar-refractivity contribution is 9.10. The van der Waals surface area contributed by atoms with Crippen molar-refractivity contribution >= 4 is 27.0 Å². The number of rotatable bonds is 4. The number of methoxy groups -OCH3 is 1. The minimum absolute atomic E-state index is 0.142. The normalized spacial score (nSPS) is 11.2. The van der Waals surface area contributed by atoms with Gasteiger partial charge in [0.25, 0.3) is 11.4 Å². The number of benzene rings is 1. The number of aromatic nitrogens is 6. The highest BCUT2D eigenvalue weighted by atomic mass is 79.9. The Labute approximate surface area is 155 Å². The Morgan fingerprint density at radius 3 is 2.77 bits per heavy atom. The Kier molecular flexibility index (Phi) is 4.03. The minimum atomic E-state index is -0.231. The first-order valence-electron chi connectivity index (χ1n) is 7.61. The van der Waals surface area contributed by atoms with Crippen LogP contribution in [0.1, 0.15) is 5.82 Å². The quantitative estimate of drug-likeness (QED) is 0.501. The summed E-state index contributed by atoms with van der Waals surface area (Å²) in [5.41, 5.74) is 1.04. The van der Waals surface area contributed by atoms with Gasteiger partial charge in [-0.15, -0.1) is 0 Å². The molecule has 0 saturated carbocycles. The third kappa shape index (κ3) is 2.77. The van der Waals surface area contributed by atoms with E-state index in [4.69, 9.17) is 9.26 Å². The van der Waals surface area contributed by atoms with Crippen molar-refractivity contribution in [1.82, 2.24) is 29.5 Å². The molecule has 4 aromatic rings. The zero-order chi connectivity index (χ0) is 18.3. The van der Waals surface area contributed by atoms with Crippen LogP contribution in [0.25, 0.3) is 22.5 Å². The Morgan fingerprint density at radius 2 is 2.04 bits per heavy atom. The van der Waals surface area contributed by atoms with Gasteiger partial charge in [-0.1, -0.05) is 5.16 Å². The second-order valence-electron chi connectivity index (χ2n) is 5.53. The highest BCUT2D eigenvalue weighted by Crippen LogP contribution is 2.21. The van der Waals surface area contributed by atoms with E-state index < -0.39 is 0 Å². The average molecular weight is 417 g/mol. The van der Waals surface area contributed by atoms with Crippen LogP contribution in [-0.4, -0.2) is 36.6 Å². The zero-order valence-electron chi connectivity index (χ0n) is 13.9. The van der Waals surface area contributed by atoms with Crippen molar-refractivity contribution < 1.29 is 9.26 Å². The van der Waals surface area contributed by atoms with Crippen LogP contribution in [0.15, 0.2) is 44.5 Å². The summed E-state index contributed by atoms with van der Waals surface area (Å²) in [6.07, 6.45) is 1.45. The lowest BCUT2D eigenvalue weighted by Crippen LogP contribution is -2.21. The Morgan fingerprint density at radius 1 is 1.27 bits per heavy atom. The van der Waals surface area contributed by atoms with Crippen LogP contribution in [0.2, 0.25) is 0 Å². The molecule has 26 heavy (non-hydrogen) atoms. The third-order valence-electron chi connectivity index (χ3n) is 3.89. The zero-order valence-corrected chi connectivity index (χ0v) is 15.5. The van der Waals surface area contributed by atoms with E-state index in [9.17, 15) is 4.79 Å². The smallest absolute Gasteiger partial charge is 0.266 e. The van der Waals surface area contributed by atoms with Gasteiger partial charge in [0.1, 0.15) is 22.1 Å². The van der Waals surface area contributed by atoms with Crippen LogP contribution < -0.4 is 10.3 Å². The van der Waals surface area contributed by atoms with Gasteiger partial charge in [-0.2, -0.15) is 10.1 Å². The summed E-state index contributed by atoms with van der Waals surface area (Å²) in [7, 11) is 3.33. The van der Waals surface area contributed by atoms with Crippen molar-refractivity contribution in [2.75, 3.05) is 7.11 Å². The van der Waals surface area contributed by atoms with Crippen molar-refractivity contribution in [2.24, 2.45) is 7.05 Å². The van der Waals surface area contributed by atoms with Crippen molar-refractivity contribution in [3.05, 3.63) is 51.4 Å². The van der Waals surface area contributed by atoms with Crippen molar-refractivity contribution in [3.8, 4) is 17.2 Å². The largest absolute Gasteiger partial charge is 0.497 e. The molecule has 0 unspecified atom stereocenters. The van der Waals surface area contributed by atoms with Crippen LogP contribution in [0.3, 0.4) is 0 Å². The summed E-state index contributed by atoms with van der Waals surface area (Å²) in [5, 5.41) is 8.51. The number of ether oxygens (including phenoxy) is 1. The van der Waals surface area contributed by atoms with Crippen molar-refractivity contribution in [2.45, 2.75) is 6.54 Å². The van der Waals surface area contributed by atoms with Gasteiger partial charge in [0.15, 0.2) is 11.5 Å². The summed E-state index contributed by atoms with van der Waals surface area (Å²) in [6.45, 7) is 0.142. The summed E-state index contributed by atoms with van der Waals surface area (Å²) in [4.78, 5) is 21.3. The fourth-order valence-corrected chi connectivity index (χ4v) is 3.15. The van der Waals surface area contributed by atoms with E-state index in [1.54, 1.807) is 18.8 Å². The van der Waals surface area contributed by atoms with Gasteiger partial charge in [-0.3, -0.25) is 9.36 Å². The lowest BCUT2D eigenvalue weighted by Gasteiger charge is -2.01. The third-order valence-corrected chi connectivity index (χ3v) is 4.44. The Hall–Kier alpha value is -3.01. The molecule has 1 aromatic carbocycles. The molecule has 3 aromatic heterocycles. The minimum Gasteiger partial charge on any atom is -0.497 e. The molecular formula is C16H13BrN6O3. The molecule has 0 fully saturated rings. The molecule has 0 amide bonds. The Bertz CT molecular complexity index is 1150. The fraction of sp³-hybridized carbons (Fsp3) is 0.188. The van der Waals surface area contributed by atoms with Gasteiger partial charge >= 0.3 is 0 Å². The molecular weight excluding hydrogens is 404 g/mol. The molecule has 4 rings (SSSR count). The standard InChI is InChI=1S/C16H13BrN6O3/c1-22-14-12(13(17)20-22)16(24)23(8-18-14)7-11-19-15(26-21-11)9-3-5-10(25-2)6-4-9/h3-6,8H,7H2,1-2H3. The number of fused-ring (bicyclic) bond motifs is 1. The average Bonchev–Trinajstić information content (AvgIpc) is 3.22. The van der Waals surface area contributed by atoms with E-state index in [0.717, 1.165) is 11.3 Å². The molecule has 0 radical (unpaired) electrons.